The SMILES string of the molecule is CSNC(=O)c1nc(Cl)ccc1NC(C)c1cc(C)cc2c(=O)n(C)c(N3CC4C(C3)C4c3cc4n(n3)CCC4)nc12. The van der Waals surface area contributed by atoms with Gasteiger partial charge >= 0.3 is 0 Å². The molecule has 1 amide bonds. The summed E-state index contributed by atoms with van der Waals surface area (Å²) in [6, 6.07) is 9.38. The second kappa shape index (κ2) is 10.3. The highest BCUT2D eigenvalue weighted by Gasteiger charge is 2.58. The largest absolute Gasteiger partial charge is 0.377 e. The molecule has 7 rings (SSSR count). The van der Waals surface area contributed by atoms with E-state index in [1.807, 2.05) is 27.0 Å². The van der Waals surface area contributed by atoms with Crippen molar-refractivity contribution in [3.05, 3.63) is 74.0 Å². The summed E-state index contributed by atoms with van der Waals surface area (Å²) in [6.07, 6.45) is 4.09. The van der Waals surface area contributed by atoms with Crippen LogP contribution in [0.3, 0.4) is 0 Å². The summed E-state index contributed by atoms with van der Waals surface area (Å²) in [5.41, 5.74) is 5.80. The molecule has 0 bridgehead atoms. The molecule has 0 spiro atoms. The number of piperidine rings is 1. The Hall–Kier alpha value is -3.57. The van der Waals surface area contributed by atoms with E-state index in [2.05, 4.69) is 36.7 Å². The lowest BCUT2D eigenvalue weighted by atomic mass is 10.0. The van der Waals surface area contributed by atoms with Gasteiger partial charge in [0.2, 0.25) is 5.95 Å². The zero-order chi connectivity index (χ0) is 29.3. The fraction of sp³-hybridized carbons (Fsp3) is 0.433. The number of pyridine rings is 1. The summed E-state index contributed by atoms with van der Waals surface area (Å²) in [5.74, 6) is 1.93. The van der Waals surface area contributed by atoms with Crippen LogP contribution in [0, 0.1) is 18.8 Å². The third kappa shape index (κ3) is 4.53. The second-order valence-electron chi connectivity index (χ2n) is 11.7. The molecule has 2 fully saturated rings. The van der Waals surface area contributed by atoms with Gasteiger partial charge in [-0.05, 0) is 68.4 Å². The van der Waals surface area contributed by atoms with Crippen LogP contribution < -0.4 is 20.5 Å². The maximum atomic E-state index is 13.7. The molecule has 1 aromatic carbocycles. The van der Waals surface area contributed by atoms with Crippen molar-refractivity contribution in [1.29, 1.82) is 0 Å². The molecule has 4 aromatic rings. The van der Waals surface area contributed by atoms with Crippen LogP contribution in [0.4, 0.5) is 11.6 Å². The summed E-state index contributed by atoms with van der Waals surface area (Å²) >= 11 is 7.31. The maximum absolute atomic E-state index is 13.7. The lowest BCUT2D eigenvalue weighted by Crippen LogP contribution is -2.32. The minimum Gasteiger partial charge on any atom is -0.377 e. The number of nitrogens with zero attached hydrogens (tertiary/aromatic N) is 6. The van der Waals surface area contributed by atoms with Crippen molar-refractivity contribution in [2.24, 2.45) is 18.9 Å². The van der Waals surface area contributed by atoms with Gasteiger partial charge in [-0.1, -0.05) is 29.6 Å². The average Bonchev–Trinajstić information content (AvgIpc) is 3.34. The van der Waals surface area contributed by atoms with Gasteiger partial charge in [0.05, 0.1) is 28.3 Å². The number of carbonyl (C=O) groups is 1. The van der Waals surface area contributed by atoms with E-state index in [4.69, 9.17) is 21.7 Å². The number of hydrogen-bond donors (Lipinski definition) is 2. The normalized spacial score (nSPS) is 21.4. The minimum absolute atomic E-state index is 0.0667. The molecule has 1 aliphatic carbocycles. The molecular formula is C30H33ClN8O2S. The number of fused-ring (bicyclic) bond motifs is 3. The van der Waals surface area contributed by atoms with Crippen LogP contribution in [0.2, 0.25) is 5.15 Å². The number of aryl methyl sites for hydroxylation is 3. The Kier molecular flexibility index (Phi) is 6.69. The smallest absolute Gasteiger partial charge is 0.281 e. The highest BCUT2D eigenvalue weighted by molar-refractivity contribution is 7.97. The van der Waals surface area contributed by atoms with Crippen molar-refractivity contribution in [1.82, 2.24) is 29.0 Å². The minimum atomic E-state index is -0.339. The number of carbonyl (C=O) groups excluding carboxylic acids is 1. The fourth-order valence-electron chi connectivity index (χ4n) is 6.90. The first-order chi connectivity index (χ1) is 20.2. The summed E-state index contributed by atoms with van der Waals surface area (Å²) in [5, 5.41) is 9.13. The van der Waals surface area contributed by atoms with E-state index in [1.54, 1.807) is 23.0 Å². The van der Waals surface area contributed by atoms with Gasteiger partial charge in [-0.2, -0.15) is 5.10 Å². The molecule has 3 unspecified atom stereocenters. The van der Waals surface area contributed by atoms with Gasteiger partial charge < -0.3 is 10.2 Å². The number of rotatable bonds is 7. The van der Waals surface area contributed by atoms with Crippen LogP contribution >= 0.6 is 23.5 Å². The number of benzene rings is 1. The molecule has 0 radical (unpaired) electrons. The van der Waals surface area contributed by atoms with Gasteiger partial charge in [0.15, 0.2) is 5.69 Å². The Labute approximate surface area is 253 Å². The van der Waals surface area contributed by atoms with Gasteiger partial charge in [-0.3, -0.25) is 23.6 Å². The lowest BCUT2D eigenvalue weighted by molar-refractivity contribution is 0.0980. The second-order valence-corrected chi connectivity index (χ2v) is 12.7. The molecule has 3 aromatic heterocycles. The zero-order valence-electron chi connectivity index (χ0n) is 24.0. The van der Waals surface area contributed by atoms with E-state index in [9.17, 15) is 9.59 Å². The lowest BCUT2D eigenvalue weighted by Gasteiger charge is -2.25. The topological polar surface area (TPSA) is 110 Å². The summed E-state index contributed by atoms with van der Waals surface area (Å²) < 4.78 is 6.57. The Morgan fingerprint density at radius 2 is 1.95 bits per heavy atom. The van der Waals surface area contributed by atoms with Crippen molar-refractivity contribution in [2.75, 3.05) is 29.6 Å². The van der Waals surface area contributed by atoms with E-state index < -0.39 is 0 Å². The first-order valence-corrected chi connectivity index (χ1v) is 15.9. The first-order valence-electron chi connectivity index (χ1n) is 14.3. The average molecular weight is 605 g/mol. The van der Waals surface area contributed by atoms with E-state index in [-0.39, 0.29) is 28.4 Å². The number of aromatic nitrogens is 5. The summed E-state index contributed by atoms with van der Waals surface area (Å²) in [4.78, 5) is 38.0. The molecule has 1 saturated carbocycles. The van der Waals surface area contributed by atoms with Crippen LogP contribution in [0.15, 0.2) is 35.1 Å². The standard InChI is InChI=1S/C30H33ClN8O2S/c1-15-10-18(16(2)32-22-7-8-24(31)33-27(22)28(40)36-42-4)26-19(11-15)29(41)37(3)30(34-26)38-13-20-21(14-38)25(20)23-12-17-6-5-9-39(17)35-23/h7-8,10-12,16,20-21,25,32H,5-6,9,13-14H2,1-4H3,(H,36,40). The Bertz CT molecular complexity index is 1770. The molecule has 218 valence electrons. The third-order valence-corrected chi connectivity index (χ3v) is 9.54. The van der Waals surface area contributed by atoms with Crippen LogP contribution in [-0.2, 0) is 20.0 Å². The molecular weight excluding hydrogens is 572 g/mol. The predicted molar refractivity (Wildman–Crippen MR) is 166 cm³/mol. The predicted octanol–water partition coefficient (Wildman–Crippen LogP) is 4.46. The molecule has 2 aliphatic heterocycles. The highest BCUT2D eigenvalue weighted by atomic mass is 35.5. The van der Waals surface area contributed by atoms with Gasteiger partial charge in [0, 0.05) is 50.1 Å². The summed E-state index contributed by atoms with van der Waals surface area (Å²) in [7, 11) is 1.81. The van der Waals surface area contributed by atoms with Crippen molar-refractivity contribution in [2.45, 2.75) is 45.2 Å². The monoisotopic (exact) mass is 604 g/mol. The molecule has 10 nitrogen and oxygen atoms in total. The van der Waals surface area contributed by atoms with E-state index in [0.29, 0.717) is 40.3 Å². The highest BCUT2D eigenvalue weighted by Crippen LogP contribution is 2.58. The molecule has 1 saturated heterocycles. The van der Waals surface area contributed by atoms with Gasteiger partial charge in [-0.15, -0.1) is 0 Å². The van der Waals surface area contributed by atoms with Gasteiger partial charge in [0.1, 0.15) is 5.15 Å². The van der Waals surface area contributed by atoms with E-state index in [0.717, 1.165) is 37.2 Å². The third-order valence-electron chi connectivity index (χ3n) is 8.94. The van der Waals surface area contributed by atoms with Crippen LogP contribution in [0.25, 0.3) is 10.9 Å². The van der Waals surface area contributed by atoms with E-state index in [1.165, 1.54) is 29.8 Å². The number of halogens is 1. The Morgan fingerprint density at radius 3 is 2.69 bits per heavy atom. The molecule has 2 N–H and O–H groups in total. The fourth-order valence-corrected chi connectivity index (χ4v) is 7.33. The molecule has 12 heteroatoms. The van der Waals surface area contributed by atoms with Crippen molar-refractivity contribution < 1.29 is 4.79 Å². The Balaban J connectivity index is 1.19. The van der Waals surface area contributed by atoms with Crippen molar-refractivity contribution in [3.8, 4) is 0 Å². The number of hydrogen-bond acceptors (Lipinski definition) is 8. The zero-order valence-corrected chi connectivity index (χ0v) is 25.6. The van der Waals surface area contributed by atoms with Gasteiger partial charge in [0.25, 0.3) is 11.5 Å². The van der Waals surface area contributed by atoms with Crippen LogP contribution in [0.1, 0.15) is 58.3 Å². The number of anilines is 2. The first kappa shape index (κ1) is 27.3. The van der Waals surface area contributed by atoms with Crippen molar-refractivity contribution in [3.63, 3.8) is 0 Å². The number of nitrogens with one attached hydrogen (secondary N) is 2. The molecule has 3 aliphatic rings. The maximum Gasteiger partial charge on any atom is 0.281 e. The molecule has 42 heavy (non-hydrogen) atoms. The number of amides is 1. The van der Waals surface area contributed by atoms with E-state index >= 15 is 0 Å². The Morgan fingerprint density at radius 1 is 1.17 bits per heavy atom. The van der Waals surface area contributed by atoms with Crippen LogP contribution in [0.5, 0.6) is 0 Å². The van der Waals surface area contributed by atoms with Crippen molar-refractivity contribution >= 4 is 52.0 Å². The van der Waals surface area contributed by atoms with Gasteiger partial charge in [-0.25, -0.2) is 9.97 Å². The summed E-state index contributed by atoms with van der Waals surface area (Å²) in [6.45, 7) is 6.73. The molecule has 5 heterocycles. The molecule has 3 atom stereocenters. The quantitative estimate of drug-likeness (QED) is 0.235. The van der Waals surface area contributed by atoms with Crippen LogP contribution in [-0.4, -0.2) is 49.6 Å².